The van der Waals surface area contributed by atoms with Crippen LogP contribution in [0.4, 0.5) is 17.3 Å². The van der Waals surface area contributed by atoms with Crippen molar-refractivity contribution in [3.05, 3.63) is 36.4 Å². The van der Waals surface area contributed by atoms with E-state index in [9.17, 15) is 4.79 Å². The molecule has 0 radical (unpaired) electrons. The van der Waals surface area contributed by atoms with Gasteiger partial charge in [-0.05, 0) is 45.1 Å². The van der Waals surface area contributed by atoms with E-state index >= 15 is 0 Å². The number of nitrogens with zero attached hydrogens (tertiary/aromatic N) is 5. The van der Waals surface area contributed by atoms with Crippen molar-refractivity contribution in [3.63, 3.8) is 0 Å². The molecule has 26 heavy (non-hydrogen) atoms. The number of hydrogen-bond acceptors (Lipinski definition) is 8. The molecule has 0 atom stereocenters. The summed E-state index contributed by atoms with van der Waals surface area (Å²) in [4.78, 5) is 29.0. The van der Waals surface area contributed by atoms with Gasteiger partial charge in [0.2, 0.25) is 0 Å². The van der Waals surface area contributed by atoms with Gasteiger partial charge in [0.05, 0.1) is 0 Å². The van der Waals surface area contributed by atoms with E-state index in [2.05, 4.69) is 42.7 Å². The molecule has 3 heterocycles. The molecule has 0 unspecified atom stereocenters. The molecule has 1 saturated heterocycles. The molecule has 138 valence electrons. The normalized spacial score (nSPS) is 15.5. The van der Waals surface area contributed by atoms with Gasteiger partial charge in [-0.3, -0.25) is 20.6 Å². The van der Waals surface area contributed by atoms with Crippen LogP contribution >= 0.6 is 0 Å². The van der Waals surface area contributed by atoms with Crippen molar-refractivity contribution < 1.29 is 4.79 Å². The lowest BCUT2D eigenvalue weighted by molar-refractivity contribution is 0.0957. The predicted octanol–water partition coefficient (Wildman–Crippen LogP) is 0.741. The largest absolute Gasteiger partial charge is 0.393 e. The molecule has 9 heteroatoms. The third-order valence-electron chi connectivity index (χ3n) is 4.62. The fourth-order valence-electron chi connectivity index (χ4n) is 3.00. The van der Waals surface area contributed by atoms with E-state index in [0.29, 0.717) is 29.1 Å². The minimum absolute atomic E-state index is 0.302. The Bertz CT molecular complexity index is 746. The SMILES string of the molecule is CN1CCC(N(C)c2ncnc(NNC(=O)c3ccccn3)c2N)CC1. The molecule has 0 aromatic carbocycles. The number of likely N-dealkylation sites (tertiary alicyclic amines) is 1. The first-order chi connectivity index (χ1) is 12.6. The van der Waals surface area contributed by atoms with Crippen LogP contribution in [0.25, 0.3) is 0 Å². The van der Waals surface area contributed by atoms with Crippen LogP contribution in [0.5, 0.6) is 0 Å². The highest BCUT2D eigenvalue weighted by Gasteiger charge is 2.24. The number of piperidine rings is 1. The number of carbonyl (C=O) groups excluding carboxylic acids is 1. The van der Waals surface area contributed by atoms with Crippen LogP contribution in [0.15, 0.2) is 30.7 Å². The van der Waals surface area contributed by atoms with Crippen LogP contribution in [0.1, 0.15) is 23.3 Å². The van der Waals surface area contributed by atoms with E-state index < -0.39 is 0 Å². The fraction of sp³-hybridized carbons (Fsp3) is 0.412. The van der Waals surface area contributed by atoms with Gasteiger partial charge in [0.1, 0.15) is 17.7 Å². The first kappa shape index (κ1) is 17.9. The molecular formula is C17H24N8O. The Labute approximate surface area is 152 Å². The molecule has 2 aromatic rings. The number of nitrogens with two attached hydrogens (primary N) is 1. The molecule has 1 fully saturated rings. The van der Waals surface area contributed by atoms with Crippen molar-refractivity contribution in [2.45, 2.75) is 18.9 Å². The van der Waals surface area contributed by atoms with Gasteiger partial charge in [-0.1, -0.05) is 6.07 Å². The Balaban J connectivity index is 1.68. The smallest absolute Gasteiger partial charge is 0.288 e. The zero-order valence-corrected chi connectivity index (χ0v) is 15.0. The molecule has 2 aromatic heterocycles. The van der Waals surface area contributed by atoms with E-state index in [1.807, 2.05) is 7.05 Å². The Kier molecular flexibility index (Phi) is 5.47. The summed E-state index contributed by atoms with van der Waals surface area (Å²) < 4.78 is 0. The summed E-state index contributed by atoms with van der Waals surface area (Å²) in [6.07, 6.45) is 5.10. The number of aromatic nitrogens is 3. The number of carbonyl (C=O) groups is 1. The van der Waals surface area contributed by atoms with E-state index in [1.165, 1.54) is 6.33 Å². The molecule has 0 spiro atoms. The summed E-state index contributed by atoms with van der Waals surface area (Å²) in [6.45, 7) is 2.09. The topological polar surface area (TPSA) is 112 Å². The highest BCUT2D eigenvalue weighted by atomic mass is 16.2. The Morgan fingerprint density at radius 2 is 2.04 bits per heavy atom. The molecule has 0 aliphatic carbocycles. The third-order valence-corrected chi connectivity index (χ3v) is 4.62. The highest BCUT2D eigenvalue weighted by Crippen LogP contribution is 2.28. The van der Waals surface area contributed by atoms with Crippen molar-refractivity contribution in [1.29, 1.82) is 0 Å². The van der Waals surface area contributed by atoms with Gasteiger partial charge in [-0.25, -0.2) is 9.97 Å². The van der Waals surface area contributed by atoms with Gasteiger partial charge in [0, 0.05) is 19.3 Å². The van der Waals surface area contributed by atoms with Crippen molar-refractivity contribution >= 4 is 23.2 Å². The quantitative estimate of drug-likeness (QED) is 0.673. The number of nitrogens with one attached hydrogen (secondary N) is 2. The van der Waals surface area contributed by atoms with Gasteiger partial charge in [0.25, 0.3) is 5.91 Å². The number of nitrogen functional groups attached to an aromatic ring is 1. The lowest BCUT2D eigenvalue weighted by Gasteiger charge is -2.36. The van der Waals surface area contributed by atoms with Gasteiger partial charge in [-0.15, -0.1) is 0 Å². The minimum atomic E-state index is -0.367. The van der Waals surface area contributed by atoms with E-state index in [0.717, 1.165) is 25.9 Å². The van der Waals surface area contributed by atoms with Crippen LogP contribution in [0.3, 0.4) is 0 Å². The number of amides is 1. The molecule has 3 rings (SSSR count). The van der Waals surface area contributed by atoms with Gasteiger partial charge >= 0.3 is 0 Å². The van der Waals surface area contributed by atoms with Crippen LogP contribution in [0.2, 0.25) is 0 Å². The maximum Gasteiger partial charge on any atom is 0.288 e. The molecule has 0 saturated carbocycles. The van der Waals surface area contributed by atoms with Crippen molar-refractivity contribution in [3.8, 4) is 0 Å². The summed E-state index contributed by atoms with van der Waals surface area (Å²) in [6, 6.07) is 5.49. The molecular weight excluding hydrogens is 332 g/mol. The Morgan fingerprint density at radius 3 is 2.73 bits per heavy atom. The minimum Gasteiger partial charge on any atom is -0.393 e. The maximum atomic E-state index is 12.1. The predicted molar refractivity (Wildman–Crippen MR) is 101 cm³/mol. The molecule has 1 aliphatic rings. The standard InChI is InChI=1S/C17H24N8O/c1-24-9-6-12(7-10-24)25(2)16-14(18)15(20-11-21-16)22-23-17(26)13-5-3-4-8-19-13/h3-5,8,11-12H,6-7,9-10,18H2,1-2H3,(H,23,26)(H,20,21,22). The molecule has 1 amide bonds. The van der Waals surface area contributed by atoms with Crippen LogP contribution < -0.4 is 21.5 Å². The molecule has 1 aliphatic heterocycles. The summed E-state index contributed by atoms with van der Waals surface area (Å²) in [5.41, 5.74) is 12.3. The average molecular weight is 356 g/mol. The lowest BCUT2D eigenvalue weighted by Crippen LogP contribution is -2.42. The molecule has 9 nitrogen and oxygen atoms in total. The van der Waals surface area contributed by atoms with Gasteiger partial charge in [-0.2, -0.15) is 0 Å². The van der Waals surface area contributed by atoms with E-state index in [1.54, 1.807) is 24.4 Å². The van der Waals surface area contributed by atoms with Gasteiger partial charge < -0.3 is 15.5 Å². The maximum absolute atomic E-state index is 12.1. The molecule has 4 N–H and O–H groups in total. The average Bonchev–Trinajstić information content (AvgIpc) is 2.67. The number of anilines is 3. The fourth-order valence-corrected chi connectivity index (χ4v) is 3.00. The van der Waals surface area contributed by atoms with Crippen LogP contribution in [-0.2, 0) is 0 Å². The lowest BCUT2D eigenvalue weighted by atomic mass is 10.0. The van der Waals surface area contributed by atoms with Crippen molar-refractivity contribution in [1.82, 2.24) is 25.3 Å². The number of hydrogen-bond donors (Lipinski definition) is 3. The summed E-state index contributed by atoms with van der Waals surface area (Å²) in [5.74, 6) is 0.650. The summed E-state index contributed by atoms with van der Waals surface area (Å²) >= 11 is 0. The van der Waals surface area contributed by atoms with Crippen LogP contribution in [-0.4, -0.2) is 59.0 Å². The van der Waals surface area contributed by atoms with Crippen LogP contribution in [0, 0.1) is 0 Å². The number of pyridine rings is 1. The second-order valence-electron chi connectivity index (χ2n) is 6.40. The van der Waals surface area contributed by atoms with E-state index in [4.69, 9.17) is 5.73 Å². The zero-order chi connectivity index (χ0) is 18.5. The van der Waals surface area contributed by atoms with E-state index in [-0.39, 0.29) is 5.91 Å². The third kappa shape index (κ3) is 3.99. The monoisotopic (exact) mass is 356 g/mol. The van der Waals surface area contributed by atoms with Gasteiger partial charge in [0.15, 0.2) is 11.6 Å². The highest BCUT2D eigenvalue weighted by molar-refractivity contribution is 5.93. The zero-order valence-electron chi connectivity index (χ0n) is 15.0. The Morgan fingerprint density at radius 1 is 1.27 bits per heavy atom. The Hall–Kier alpha value is -2.94. The summed E-state index contributed by atoms with van der Waals surface area (Å²) in [5, 5.41) is 0. The number of rotatable bonds is 5. The van der Waals surface area contributed by atoms with Crippen molar-refractivity contribution in [2.75, 3.05) is 43.2 Å². The summed E-state index contributed by atoms with van der Waals surface area (Å²) in [7, 11) is 4.12. The number of hydrazine groups is 1. The van der Waals surface area contributed by atoms with Crippen molar-refractivity contribution in [2.24, 2.45) is 0 Å². The first-order valence-electron chi connectivity index (χ1n) is 8.55. The molecule has 0 bridgehead atoms. The second-order valence-corrected chi connectivity index (χ2v) is 6.40. The second kappa shape index (κ2) is 7.96. The first-order valence-corrected chi connectivity index (χ1v) is 8.55.